The van der Waals surface area contributed by atoms with Gasteiger partial charge in [0.2, 0.25) is 0 Å². The highest BCUT2D eigenvalue weighted by atomic mass is 19.1. The van der Waals surface area contributed by atoms with E-state index in [2.05, 4.69) is 0 Å². The molecule has 0 fully saturated rings. The lowest BCUT2D eigenvalue weighted by Crippen LogP contribution is -2.21. The zero-order chi connectivity index (χ0) is 14.0. The average molecular weight is 262 g/mol. The predicted octanol–water partition coefficient (Wildman–Crippen LogP) is 3.38. The molecule has 1 heterocycles. The Morgan fingerprint density at radius 3 is 2.63 bits per heavy atom. The summed E-state index contributed by atoms with van der Waals surface area (Å²) in [6, 6.07) is 8.57. The molecular weight excluding hydrogens is 243 g/mol. The monoisotopic (exact) mass is 262 g/mol. The van der Waals surface area contributed by atoms with Crippen LogP contribution >= 0.6 is 0 Å². The summed E-state index contributed by atoms with van der Waals surface area (Å²) in [7, 11) is 1.84. The van der Waals surface area contributed by atoms with Crippen LogP contribution in [0.2, 0.25) is 0 Å². The number of halogens is 1. The van der Waals surface area contributed by atoms with Gasteiger partial charge in [0.25, 0.3) is 0 Å². The molecule has 19 heavy (non-hydrogen) atoms. The van der Waals surface area contributed by atoms with E-state index in [1.807, 2.05) is 44.0 Å². The summed E-state index contributed by atoms with van der Waals surface area (Å²) in [6.45, 7) is 4.25. The fourth-order valence-electron chi connectivity index (χ4n) is 2.19. The fraction of sp³-hybridized carbons (Fsp3) is 0.333. The van der Waals surface area contributed by atoms with Gasteiger partial charge in [-0.15, -0.1) is 0 Å². The van der Waals surface area contributed by atoms with Gasteiger partial charge in [-0.05, 0) is 37.6 Å². The minimum absolute atomic E-state index is 0.216. The molecule has 0 saturated heterocycles. The lowest BCUT2D eigenvalue weighted by Gasteiger charge is -2.23. The molecule has 1 aromatic carbocycles. The molecule has 102 valence electrons. The van der Waals surface area contributed by atoms with Gasteiger partial charge in [0.1, 0.15) is 17.3 Å². The van der Waals surface area contributed by atoms with Gasteiger partial charge in [-0.3, -0.25) is 0 Å². The molecule has 0 aliphatic rings. The van der Waals surface area contributed by atoms with Crippen molar-refractivity contribution in [3.8, 4) is 0 Å². The molecule has 1 aromatic heterocycles. The van der Waals surface area contributed by atoms with Gasteiger partial charge in [-0.25, -0.2) is 4.39 Å². The Balaban J connectivity index is 2.30. The number of benzene rings is 1. The third-order valence-electron chi connectivity index (χ3n) is 3.08. The van der Waals surface area contributed by atoms with Gasteiger partial charge in [-0.2, -0.15) is 0 Å². The number of furan rings is 1. The lowest BCUT2D eigenvalue weighted by atomic mass is 10.1. The first-order valence-corrected chi connectivity index (χ1v) is 6.29. The van der Waals surface area contributed by atoms with Crippen molar-refractivity contribution in [2.45, 2.75) is 26.4 Å². The molecule has 0 radical (unpaired) electrons. The summed E-state index contributed by atoms with van der Waals surface area (Å²) >= 11 is 0. The quantitative estimate of drug-likeness (QED) is 0.918. The molecule has 0 unspecified atom stereocenters. The van der Waals surface area contributed by atoms with Crippen molar-refractivity contribution in [3.05, 3.63) is 53.2 Å². The van der Waals surface area contributed by atoms with Crippen molar-refractivity contribution in [1.29, 1.82) is 0 Å². The van der Waals surface area contributed by atoms with E-state index < -0.39 is 0 Å². The van der Waals surface area contributed by atoms with E-state index in [4.69, 9.17) is 10.2 Å². The molecule has 0 spiro atoms. The smallest absolute Gasteiger partial charge is 0.146 e. The molecule has 3 nitrogen and oxygen atoms in total. The summed E-state index contributed by atoms with van der Waals surface area (Å²) in [5, 5.41) is 0. The van der Waals surface area contributed by atoms with Crippen molar-refractivity contribution in [2.24, 2.45) is 5.73 Å². The molecule has 2 rings (SSSR count). The molecular formula is C15H19FN2O. The standard InChI is InChI=1S/C15H19FN2O/c1-10-7-8-12(19-10)9-18(3)15-13(11(2)17)5-4-6-14(15)16/h4-8,11H,9,17H2,1-3H3/t11-/m1/s1. The van der Waals surface area contributed by atoms with Crippen LogP contribution < -0.4 is 10.6 Å². The van der Waals surface area contributed by atoms with Crippen LogP contribution in [-0.4, -0.2) is 7.05 Å². The van der Waals surface area contributed by atoms with Crippen LogP contribution in [0.4, 0.5) is 10.1 Å². The number of para-hydroxylation sites is 1. The molecule has 2 N–H and O–H groups in total. The zero-order valence-corrected chi connectivity index (χ0v) is 11.5. The van der Waals surface area contributed by atoms with Gasteiger partial charge in [-0.1, -0.05) is 12.1 Å². The molecule has 0 bridgehead atoms. The highest BCUT2D eigenvalue weighted by molar-refractivity contribution is 5.55. The molecule has 4 heteroatoms. The summed E-state index contributed by atoms with van der Waals surface area (Å²) in [5.74, 6) is 1.39. The summed E-state index contributed by atoms with van der Waals surface area (Å²) in [4.78, 5) is 1.83. The molecule has 0 amide bonds. The van der Waals surface area contributed by atoms with Crippen LogP contribution in [0.25, 0.3) is 0 Å². The number of hydrogen-bond donors (Lipinski definition) is 1. The molecule has 0 aliphatic heterocycles. The highest BCUT2D eigenvalue weighted by Crippen LogP contribution is 2.28. The highest BCUT2D eigenvalue weighted by Gasteiger charge is 2.16. The van der Waals surface area contributed by atoms with Crippen molar-refractivity contribution >= 4 is 5.69 Å². The minimum Gasteiger partial charge on any atom is -0.464 e. The topological polar surface area (TPSA) is 42.4 Å². The third kappa shape index (κ3) is 2.96. The van der Waals surface area contributed by atoms with Gasteiger partial charge in [0, 0.05) is 13.1 Å². The van der Waals surface area contributed by atoms with E-state index in [0.29, 0.717) is 12.2 Å². The Bertz CT molecular complexity index is 563. The fourth-order valence-corrected chi connectivity index (χ4v) is 2.19. The number of nitrogens with zero attached hydrogens (tertiary/aromatic N) is 1. The van der Waals surface area contributed by atoms with Gasteiger partial charge in [0.15, 0.2) is 0 Å². The first-order valence-electron chi connectivity index (χ1n) is 6.29. The van der Waals surface area contributed by atoms with E-state index >= 15 is 0 Å². The Labute approximate surface area is 112 Å². The maximum absolute atomic E-state index is 14.0. The maximum atomic E-state index is 14.0. The third-order valence-corrected chi connectivity index (χ3v) is 3.08. The number of nitrogens with two attached hydrogens (primary N) is 1. The van der Waals surface area contributed by atoms with Gasteiger partial charge in [0.05, 0.1) is 12.2 Å². The Kier molecular flexibility index (Phi) is 3.90. The van der Waals surface area contributed by atoms with Gasteiger partial charge < -0.3 is 15.1 Å². The van der Waals surface area contributed by atoms with Crippen molar-refractivity contribution < 1.29 is 8.81 Å². The van der Waals surface area contributed by atoms with Crippen LogP contribution in [0.1, 0.15) is 30.0 Å². The Hall–Kier alpha value is -1.81. The van der Waals surface area contributed by atoms with E-state index in [9.17, 15) is 4.39 Å². The molecule has 2 aromatic rings. The molecule has 0 aliphatic carbocycles. The minimum atomic E-state index is -0.263. The number of rotatable bonds is 4. The van der Waals surface area contributed by atoms with E-state index in [1.54, 1.807) is 6.07 Å². The second-order valence-corrected chi connectivity index (χ2v) is 4.83. The number of aryl methyl sites for hydroxylation is 1. The van der Waals surface area contributed by atoms with E-state index in [-0.39, 0.29) is 11.9 Å². The maximum Gasteiger partial charge on any atom is 0.146 e. The lowest BCUT2D eigenvalue weighted by molar-refractivity contribution is 0.480. The second kappa shape index (κ2) is 5.45. The molecule has 0 saturated carbocycles. The van der Waals surface area contributed by atoms with Crippen molar-refractivity contribution in [1.82, 2.24) is 0 Å². The van der Waals surface area contributed by atoms with E-state index in [0.717, 1.165) is 17.1 Å². The summed E-state index contributed by atoms with van der Waals surface area (Å²) < 4.78 is 19.6. The first-order chi connectivity index (χ1) is 8.99. The van der Waals surface area contributed by atoms with E-state index in [1.165, 1.54) is 6.07 Å². The van der Waals surface area contributed by atoms with Crippen LogP contribution in [-0.2, 0) is 6.54 Å². The Morgan fingerprint density at radius 2 is 2.05 bits per heavy atom. The summed E-state index contributed by atoms with van der Waals surface area (Å²) in [6.07, 6.45) is 0. The largest absolute Gasteiger partial charge is 0.464 e. The normalized spacial score (nSPS) is 12.5. The summed E-state index contributed by atoms with van der Waals surface area (Å²) in [5.41, 5.74) is 7.23. The van der Waals surface area contributed by atoms with Crippen LogP contribution in [0, 0.1) is 12.7 Å². The Morgan fingerprint density at radius 1 is 1.32 bits per heavy atom. The SMILES string of the molecule is Cc1ccc(CN(C)c2c(F)cccc2[C@@H](C)N)o1. The van der Waals surface area contributed by atoms with Crippen molar-refractivity contribution in [3.63, 3.8) is 0 Å². The number of hydrogen-bond acceptors (Lipinski definition) is 3. The predicted molar refractivity (Wildman–Crippen MR) is 74.6 cm³/mol. The number of anilines is 1. The first kappa shape index (κ1) is 13.6. The second-order valence-electron chi connectivity index (χ2n) is 4.83. The van der Waals surface area contributed by atoms with Crippen LogP contribution in [0.5, 0.6) is 0 Å². The molecule has 1 atom stereocenters. The van der Waals surface area contributed by atoms with Crippen molar-refractivity contribution in [2.75, 3.05) is 11.9 Å². The van der Waals surface area contributed by atoms with Crippen LogP contribution in [0.3, 0.4) is 0 Å². The van der Waals surface area contributed by atoms with Gasteiger partial charge >= 0.3 is 0 Å². The zero-order valence-electron chi connectivity index (χ0n) is 11.5. The average Bonchev–Trinajstić information content (AvgIpc) is 2.74. The van der Waals surface area contributed by atoms with Crippen LogP contribution in [0.15, 0.2) is 34.7 Å².